The second-order valence-electron chi connectivity index (χ2n) is 7.79. The molecule has 2 amide bonds. The van der Waals surface area contributed by atoms with E-state index in [1.807, 2.05) is 44.2 Å². The van der Waals surface area contributed by atoms with Crippen molar-refractivity contribution in [3.63, 3.8) is 0 Å². The first kappa shape index (κ1) is 20.8. The van der Waals surface area contributed by atoms with Gasteiger partial charge in [-0.1, -0.05) is 48.0 Å². The van der Waals surface area contributed by atoms with E-state index in [1.54, 1.807) is 7.05 Å². The molecule has 2 N–H and O–H groups in total. The van der Waals surface area contributed by atoms with E-state index in [9.17, 15) is 9.59 Å². The third-order valence-electron chi connectivity index (χ3n) is 5.55. The molecular formula is C24H30N3O2+. The predicted molar refractivity (Wildman–Crippen MR) is 117 cm³/mol. The fourth-order valence-electron chi connectivity index (χ4n) is 3.70. The normalized spacial score (nSPS) is 17.2. The van der Waals surface area contributed by atoms with Crippen LogP contribution in [-0.2, 0) is 9.59 Å². The number of nitrogens with zero attached hydrogens (tertiary/aromatic N) is 1. The van der Waals surface area contributed by atoms with Crippen molar-refractivity contribution in [2.75, 3.05) is 32.0 Å². The molecule has 1 aliphatic rings. The number of aryl methyl sites for hydroxylation is 1. The number of benzene rings is 2. The lowest BCUT2D eigenvalue weighted by Gasteiger charge is -2.30. The average Bonchev–Trinajstić information content (AvgIpc) is 2.75. The summed E-state index contributed by atoms with van der Waals surface area (Å²) in [7, 11) is 1.70. The lowest BCUT2D eigenvalue weighted by Crippen LogP contribution is -3.17. The van der Waals surface area contributed by atoms with Crippen molar-refractivity contribution < 1.29 is 14.5 Å². The lowest BCUT2D eigenvalue weighted by atomic mass is 9.99. The largest absolute Gasteiger partial charge is 0.331 e. The van der Waals surface area contributed by atoms with Crippen LogP contribution in [-0.4, -0.2) is 49.4 Å². The standard InChI is InChI=1S/C24H29N3O2/c1-18-9-11-22(12-10-18)25-23(28)17-26(3)24(29)19(2)27-15-13-21(14-16-27)20-7-5-4-6-8-20/h4-13,19H,14-17H2,1-3H3,(H,25,28)/p+1/t19-/m0/s1. The van der Waals surface area contributed by atoms with Gasteiger partial charge in [0.2, 0.25) is 5.91 Å². The van der Waals surface area contributed by atoms with Crippen molar-refractivity contribution in [1.82, 2.24) is 4.90 Å². The number of carbonyl (C=O) groups is 2. The quantitative estimate of drug-likeness (QED) is 0.792. The molecule has 2 atom stereocenters. The van der Waals surface area contributed by atoms with Gasteiger partial charge in [0.25, 0.3) is 5.91 Å². The van der Waals surface area contributed by atoms with E-state index in [-0.39, 0.29) is 24.4 Å². The Bertz CT molecular complexity index is 875. The third-order valence-corrected chi connectivity index (χ3v) is 5.55. The van der Waals surface area contributed by atoms with Crippen molar-refractivity contribution in [3.05, 3.63) is 71.8 Å². The Hall–Kier alpha value is -2.92. The van der Waals surface area contributed by atoms with Crippen molar-refractivity contribution in [2.45, 2.75) is 26.3 Å². The molecule has 0 aliphatic carbocycles. The van der Waals surface area contributed by atoms with Crippen LogP contribution in [0.25, 0.3) is 5.57 Å². The number of anilines is 1. The zero-order valence-electron chi connectivity index (χ0n) is 17.4. The summed E-state index contributed by atoms with van der Waals surface area (Å²) in [6, 6.07) is 17.8. The maximum atomic E-state index is 12.8. The van der Waals surface area contributed by atoms with E-state index in [2.05, 4.69) is 35.7 Å². The van der Waals surface area contributed by atoms with Gasteiger partial charge < -0.3 is 15.1 Å². The summed E-state index contributed by atoms with van der Waals surface area (Å²) >= 11 is 0. The SMILES string of the molecule is Cc1ccc(NC(=O)CN(C)C(=O)[C@H](C)[NH+]2CC=C(c3ccccc3)CC2)cc1. The highest BCUT2D eigenvalue weighted by molar-refractivity contribution is 5.94. The average molecular weight is 393 g/mol. The topological polar surface area (TPSA) is 53.9 Å². The zero-order chi connectivity index (χ0) is 20.8. The molecule has 2 aromatic carbocycles. The molecule has 29 heavy (non-hydrogen) atoms. The molecule has 1 aliphatic heterocycles. The third kappa shape index (κ3) is 5.55. The van der Waals surface area contributed by atoms with E-state index in [0.717, 1.165) is 30.8 Å². The number of likely N-dealkylation sites (N-methyl/N-ethyl adjacent to an activating group) is 1. The molecule has 0 saturated heterocycles. The fraction of sp³-hybridized carbons (Fsp3) is 0.333. The summed E-state index contributed by atoms with van der Waals surface area (Å²) in [4.78, 5) is 27.9. The van der Waals surface area contributed by atoms with Crippen LogP contribution in [0.15, 0.2) is 60.7 Å². The summed E-state index contributed by atoms with van der Waals surface area (Å²) in [5.41, 5.74) is 4.49. The van der Waals surface area contributed by atoms with Gasteiger partial charge >= 0.3 is 0 Å². The highest BCUT2D eigenvalue weighted by Gasteiger charge is 2.29. The molecule has 1 unspecified atom stereocenters. The summed E-state index contributed by atoms with van der Waals surface area (Å²) in [5, 5.41) is 2.85. The fourth-order valence-corrected chi connectivity index (χ4v) is 3.70. The van der Waals surface area contributed by atoms with Crippen molar-refractivity contribution in [2.24, 2.45) is 0 Å². The summed E-state index contributed by atoms with van der Waals surface area (Å²) in [6.07, 6.45) is 3.19. The van der Waals surface area contributed by atoms with Gasteiger partial charge in [-0.05, 0) is 43.2 Å². The second kappa shape index (κ2) is 9.52. The number of hydrogen-bond acceptors (Lipinski definition) is 2. The smallest absolute Gasteiger partial charge is 0.280 e. The number of hydrogen-bond donors (Lipinski definition) is 2. The summed E-state index contributed by atoms with van der Waals surface area (Å²) in [5.74, 6) is -0.188. The van der Waals surface area contributed by atoms with Crippen LogP contribution < -0.4 is 10.2 Å². The van der Waals surface area contributed by atoms with Crippen LogP contribution in [0.3, 0.4) is 0 Å². The Kier molecular flexibility index (Phi) is 6.83. The van der Waals surface area contributed by atoms with Crippen LogP contribution >= 0.6 is 0 Å². The molecular weight excluding hydrogens is 362 g/mol. The Morgan fingerprint density at radius 1 is 1.10 bits per heavy atom. The minimum absolute atomic E-state index is 0.00406. The van der Waals surface area contributed by atoms with Crippen LogP contribution in [0, 0.1) is 6.92 Å². The number of quaternary nitrogens is 1. The van der Waals surface area contributed by atoms with Gasteiger partial charge in [0.1, 0.15) is 0 Å². The molecule has 0 radical (unpaired) electrons. The number of carbonyl (C=O) groups excluding carboxylic acids is 2. The van der Waals surface area contributed by atoms with Gasteiger partial charge in [-0.15, -0.1) is 0 Å². The maximum absolute atomic E-state index is 12.8. The molecule has 0 fully saturated rings. The Labute approximate surface area is 173 Å². The van der Waals surface area contributed by atoms with E-state index >= 15 is 0 Å². The molecule has 0 bridgehead atoms. The van der Waals surface area contributed by atoms with Gasteiger partial charge in [-0.3, -0.25) is 9.59 Å². The Morgan fingerprint density at radius 2 is 1.79 bits per heavy atom. The van der Waals surface area contributed by atoms with Crippen LogP contribution in [0.1, 0.15) is 24.5 Å². The van der Waals surface area contributed by atoms with Gasteiger partial charge in [-0.2, -0.15) is 0 Å². The molecule has 152 valence electrons. The van der Waals surface area contributed by atoms with Crippen molar-refractivity contribution in [3.8, 4) is 0 Å². The highest BCUT2D eigenvalue weighted by atomic mass is 16.2. The zero-order valence-corrected chi connectivity index (χ0v) is 17.4. The first-order valence-corrected chi connectivity index (χ1v) is 10.1. The van der Waals surface area contributed by atoms with E-state index in [4.69, 9.17) is 0 Å². The van der Waals surface area contributed by atoms with Crippen molar-refractivity contribution in [1.29, 1.82) is 0 Å². The first-order chi connectivity index (χ1) is 13.9. The summed E-state index contributed by atoms with van der Waals surface area (Å²) in [6.45, 7) is 5.74. The molecule has 0 aromatic heterocycles. The minimum atomic E-state index is -0.184. The van der Waals surface area contributed by atoms with Gasteiger partial charge in [0.05, 0.1) is 19.6 Å². The second-order valence-corrected chi connectivity index (χ2v) is 7.79. The van der Waals surface area contributed by atoms with Crippen LogP contribution in [0.4, 0.5) is 5.69 Å². The van der Waals surface area contributed by atoms with Crippen molar-refractivity contribution >= 4 is 23.1 Å². The molecule has 1 heterocycles. The number of rotatable bonds is 6. The predicted octanol–water partition coefficient (Wildman–Crippen LogP) is 2.15. The molecule has 5 heteroatoms. The van der Waals surface area contributed by atoms with Gasteiger partial charge in [0.15, 0.2) is 6.04 Å². The summed E-state index contributed by atoms with van der Waals surface area (Å²) < 4.78 is 0. The highest BCUT2D eigenvalue weighted by Crippen LogP contribution is 2.18. The van der Waals surface area contributed by atoms with E-state index in [0.29, 0.717) is 0 Å². The van der Waals surface area contributed by atoms with Crippen LogP contribution in [0.5, 0.6) is 0 Å². The number of nitrogens with one attached hydrogen (secondary N) is 2. The first-order valence-electron chi connectivity index (χ1n) is 10.1. The van der Waals surface area contributed by atoms with Crippen LogP contribution in [0.2, 0.25) is 0 Å². The minimum Gasteiger partial charge on any atom is -0.331 e. The Balaban J connectivity index is 1.52. The monoisotopic (exact) mass is 392 g/mol. The molecule has 3 rings (SSSR count). The molecule has 0 saturated carbocycles. The van der Waals surface area contributed by atoms with E-state index in [1.165, 1.54) is 20.9 Å². The van der Waals surface area contributed by atoms with Gasteiger partial charge in [0, 0.05) is 19.2 Å². The molecule has 0 spiro atoms. The number of amides is 2. The molecule has 5 nitrogen and oxygen atoms in total. The van der Waals surface area contributed by atoms with Gasteiger partial charge in [-0.25, -0.2) is 0 Å². The maximum Gasteiger partial charge on any atom is 0.280 e. The lowest BCUT2D eigenvalue weighted by molar-refractivity contribution is -0.909. The Morgan fingerprint density at radius 3 is 2.41 bits per heavy atom. The molecule has 2 aromatic rings. The van der Waals surface area contributed by atoms with E-state index < -0.39 is 0 Å².